The van der Waals surface area contributed by atoms with Crippen molar-refractivity contribution in [3.05, 3.63) is 77.4 Å². The third-order valence-corrected chi connectivity index (χ3v) is 7.78. The molecule has 1 N–H and O–H groups in total. The maximum absolute atomic E-state index is 13.3. The van der Waals surface area contributed by atoms with Crippen LogP contribution in [0.1, 0.15) is 78.4 Å². The fraction of sp³-hybridized carbons (Fsp3) is 0.457. The fourth-order valence-corrected chi connectivity index (χ4v) is 5.46. The van der Waals surface area contributed by atoms with Gasteiger partial charge >= 0.3 is 6.09 Å². The van der Waals surface area contributed by atoms with Crippen LogP contribution in [0, 0.1) is 19.8 Å². The summed E-state index contributed by atoms with van der Waals surface area (Å²) in [6.07, 6.45) is 9.12. The number of anilines is 4. The van der Waals surface area contributed by atoms with Gasteiger partial charge < -0.3 is 15.0 Å². The van der Waals surface area contributed by atoms with Gasteiger partial charge in [0.15, 0.2) is 0 Å². The number of pyridine rings is 1. The second-order valence-electron chi connectivity index (χ2n) is 12.5. The molecule has 2 aromatic heterocycles. The molecule has 0 unspecified atom stereocenters. The van der Waals surface area contributed by atoms with Gasteiger partial charge in [0, 0.05) is 40.2 Å². The van der Waals surface area contributed by atoms with Crippen molar-refractivity contribution in [1.82, 2.24) is 15.0 Å². The number of fused-ring (bicyclic) bond motifs is 1. The van der Waals surface area contributed by atoms with Gasteiger partial charge in [0.25, 0.3) is 0 Å². The van der Waals surface area contributed by atoms with Gasteiger partial charge in [-0.05, 0) is 89.1 Å². The fourth-order valence-electron chi connectivity index (χ4n) is 5.46. The largest absolute Gasteiger partial charge is 0.443 e. The molecule has 9 nitrogen and oxygen atoms in total. The van der Waals surface area contributed by atoms with E-state index in [0.29, 0.717) is 37.7 Å². The smallest absolute Gasteiger partial charge is 0.414 e. The lowest BCUT2D eigenvalue weighted by molar-refractivity contribution is -0.119. The van der Waals surface area contributed by atoms with Crippen molar-refractivity contribution in [1.29, 1.82) is 0 Å². The Labute approximate surface area is 264 Å². The summed E-state index contributed by atoms with van der Waals surface area (Å²) in [5.41, 5.74) is 6.76. The summed E-state index contributed by atoms with van der Waals surface area (Å²) in [5.74, 6) is 1.09. The number of carbonyl (C=O) groups is 2. The van der Waals surface area contributed by atoms with Crippen LogP contribution in [0.5, 0.6) is 0 Å². The number of benzene rings is 1. The molecule has 238 valence electrons. The Morgan fingerprint density at radius 3 is 2.68 bits per heavy atom. The number of hydrogen-bond acceptors (Lipinski definition) is 8. The van der Waals surface area contributed by atoms with Crippen LogP contribution in [0.25, 0.3) is 0 Å². The number of ketones is 1. The van der Waals surface area contributed by atoms with E-state index < -0.39 is 11.7 Å². The van der Waals surface area contributed by atoms with E-state index in [1.165, 1.54) is 0 Å². The number of ether oxygens (including phenoxy) is 1. The monoisotopic (exact) mass is 602 g/mol. The van der Waals surface area contributed by atoms with Gasteiger partial charge in [0.05, 0.1) is 35.5 Å². The molecule has 1 aliphatic heterocycles. The van der Waals surface area contributed by atoms with Crippen molar-refractivity contribution in [2.45, 2.75) is 86.3 Å². The summed E-state index contributed by atoms with van der Waals surface area (Å²) in [6, 6.07) is 7.91. The number of aryl methyl sites for hydroxylation is 1. The number of nitrogens with zero attached hydrogens (tertiary/aromatic N) is 5. The van der Waals surface area contributed by atoms with E-state index in [1.807, 2.05) is 71.3 Å². The van der Waals surface area contributed by atoms with Crippen molar-refractivity contribution in [3.8, 4) is 0 Å². The zero-order chi connectivity index (χ0) is 30.7. The lowest BCUT2D eigenvalue weighted by Gasteiger charge is -2.34. The molecule has 2 aliphatic rings. The van der Waals surface area contributed by atoms with Crippen LogP contribution >= 0.6 is 0 Å². The highest BCUT2D eigenvalue weighted by atomic mass is 16.6. The predicted molar refractivity (Wildman–Crippen MR) is 181 cm³/mol. The quantitative estimate of drug-likeness (QED) is 0.235. The van der Waals surface area contributed by atoms with E-state index in [-0.39, 0.29) is 16.2 Å². The maximum atomic E-state index is 13.3. The minimum Gasteiger partial charge on any atom is -0.443 e. The average molecular weight is 603 g/mol. The Balaban J connectivity index is 0.00000245. The van der Waals surface area contributed by atoms with Crippen LogP contribution < -0.4 is 15.1 Å². The first-order chi connectivity index (χ1) is 20.5. The van der Waals surface area contributed by atoms with Crippen LogP contribution in [0.15, 0.2) is 49.3 Å². The number of hydrogen-bond donors (Lipinski definition) is 1. The molecule has 1 saturated carbocycles. The number of nitrogens with one attached hydrogen (secondary N) is 1. The molecule has 5 rings (SSSR count). The molecular weight excluding hydrogens is 552 g/mol. The summed E-state index contributed by atoms with van der Waals surface area (Å²) >= 11 is 0. The van der Waals surface area contributed by atoms with Crippen molar-refractivity contribution in [2.75, 3.05) is 28.2 Å². The van der Waals surface area contributed by atoms with Gasteiger partial charge in [-0.3, -0.25) is 14.7 Å². The van der Waals surface area contributed by atoms with Crippen molar-refractivity contribution >= 4 is 34.9 Å². The van der Waals surface area contributed by atoms with E-state index in [0.717, 1.165) is 70.9 Å². The first kappa shape index (κ1) is 32.6. The Bertz CT molecular complexity index is 1540. The van der Waals surface area contributed by atoms with Gasteiger partial charge in [-0.25, -0.2) is 14.8 Å². The van der Waals surface area contributed by atoms with Crippen LogP contribution in [0.4, 0.5) is 27.8 Å². The molecular formula is C35H50N6O3. The zero-order valence-electron chi connectivity index (χ0n) is 25.9. The lowest BCUT2D eigenvalue weighted by Crippen LogP contribution is -2.39. The highest BCUT2D eigenvalue weighted by Crippen LogP contribution is 2.35. The predicted octanol–water partition coefficient (Wildman–Crippen LogP) is 7.76. The van der Waals surface area contributed by atoms with E-state index in [9.17, 15) is 9.59 Å². The number of amides is 1. The Hall–Kier alpha value is -4.27. The Morgan fingerprint density at radius 2 is 1.98 bits per heavy atom. The lowest BCUT2D eigenvalue weighted by atomic mass is 10.0. The number of aromatic nitrogens is 3. The molecule has 3 aromatic rings. The first-order valence-electron chi connectivity index (χ1n) is 15.1. The number of Topliss-reactive ketones (excluding diaryl/α,β-unsaturated/α-hetero) is 1. The topological polar surface area (TPSA) is 101 Å². The molecule has 1 aromatic carbocycles. The van der Waals surface area contributed by atoms with Gasteiger partial charge in [0.1, 0.15) is 11.4 Å². The van der Waals surface area contributed by atoms with Crippen LogP contribution in [0.2, 0.25) is 0 Å². The van der Waals surface area contributed by atoms with Crippen LogP contribution in [-0.2, 0) is 28.9 Å². The normalized spacial score (nSPS) is 14.2. The SMILES string of the molecule is C.C=CCCN(C(=O)OC(C)(C)C)c1c(C)ncc(N2CCc3cnc(Nc4cccc(CC(=O)C5CC5)c4)nc3C2)c1C.[HH].[HH]. The highest BCUT2D eigenvalue weighted by Gasteiger charge is 2.30. The van der Waals surface area contributed by atoms with E-state index >= 15 is 0 Å². The third kappa shape index (κ3) is 7.81. The number of carbonyl (C=O) groups excluding carboxylic acids is 2. The Morgan fingerprint density at radius 1 is 1.20 bits per heavy atom. The maximum Gasteiger partial charge on any atom is 0.414 e. The molecule has 1 aliphatic carbocycles. The van der Waals surface area contributed by atoms with Crippen molar-refractivity contribution < 1.29 is 17.2 Å². The van der Waals surface area contributed by atoms with Crippen molar-refractivity contribution in [2.24, 2.45) is 5.92 Å². The molecule has 0 bridgehead atoms. The molecule has 0 atom stereocenters. The summed E-state index contributed by atoms with van der Waals surface area (Å²) in [7, 11) is 0. The standard InChI is InChI=1S/C34H42N6O3.CH4.2H2/c1-7-8-15-40(33(42)43-34(4,5)6)31-22(2)29(20-35-23(31)3)39-16-14-26-19-36-32(38-28(26)21-39)37-27-11-9-10-24(17-27)18-30(41)25-12-13-25;;;/h7,9-11,17,19-20,25H,1,8,12-16,18,21H2,2-6H3,(H,36,37,38);1H4;2*1H. The average Bonchev–Trinajstić information content (AvgIpc) is 3.80. The van der Waals surface area contributed by atoms with Gasteiger partial charge in [-0.2, -0.15) is 0 Å². The first-order valence-corrected chi connectivity index (χ1v) is 15.1. The van der Waals surface area contributed by atoms with Gasteiger partial charge in [-0.1, -0.05) is 25.6 Å². The molecule has 3 heterocycles. The molecule has 0 radical (unpaired) electrons. The van der Waals surface area contributed by atoms with Crippen LogP contribution in [0.3, 0.4) is 0 Å². The van der Waals surface area contributed by atoms with Gasteiger partial charge in [0.2, 0.25) is 5.95 Å². The summed E-state index contributed by atoms with van der Waals surface area (Å²) < 4.78 is 5.77. The second-order valence-corrected chi connectivity index (χ2v) is 12.5. The third-order valence-electron chi connectivity index (χ3n) is 7.78. The van der Waals surface area contributed by atoms with Gasteiger partial charge in [-0.15, -0.1) is 6.58 Å². The Kier molecular flexibility index (Phi) is 10.1. The molecule has 0 spiro atoms. The highest BCUT2D eigenvalue weighted by molar-refractivity contribution is 5.91. The molecule has 9 heteroatoms. The molecule has 0 saturated heterocycles. The van der Waals surface area contributed by atoms with Crippen LogP contribution in [-0.4, -0.2) is 45.5 Å². The molecule has 44 heavy (non-hydrogen) atoms. The number of rotatable bonds is 10. The van der Waals surface area contributed by atoms with Crippen molar-refractivity contribution in [3.63, 3.8) is 0 Å². The van der Waals surface area contributed by atoms with E-state index in [1.54, 1.807) is 11.0 Å². The van der Waals surface area contributed by atoms with E-state index in [4.69, 9.17) is 14.7 Å². The molecule has 1 amide bonds. The molecule has 1 fully saturated rings. The van der Waals surface area contributed by atoms with E-state index in [2.05, 4.69) is 21.8 Å². The summed E-state index contributed by atoms with van der Waals surface area (Å²) in [4.78, 5) is 43.7. The summed E-state index contributed by atoms with van der Waals surface area (Å²) in [6.45, 7) is 15.2. The zero-order valence-corrected chi connectivity index (χ0v) is 25.9. The summed E-state index contributed by atoms with van der Waals surface area (Å²) in [5, 5.41) is 3.33. The minimum absolute atomic E-state index is 0. The second kappa shape index (κ2) is 13.6. The minimum atomic E-state index is -0.617.